The predicted octanol–water partition coefficient (Wildman–Crippen LogP) is 4.84. The quantitative estimate of drug-likeness (QED) is 0.672. The normalized spacial score (nSPS) is 19.3. The molecular formula is C20H22ClN3OS. The number of hydrogen-bond donors (Lipinski definition) is 2. The summed E-state index contributed by atoms with van der Waals surface area (Å²) in [6.45, 7) is 0. The van der Waals surface area contributed by atoms with E-state index in [4.69, 9.17) is 10.7 Å². The van der Waals surface area contributed by atoms with Gasteiger partial charge in [-0.25, -0.2) is 4.98 Å². The van der Waals surface area contributed by atoms with Crippen LogP contribution in [0.1, 0.15) is 25.7 Å². The Bertz CT molecular complexity index is 878. The SMILES string of the molecule is Cl.N[C@@H]1CCC[C@H]1CC(=O)Nc1ccccc1-c1nc2ccccc2s1. The lowest BCUT2D eigenvalue weighted by atomic mass is 10.00. The number of thiazole rings is 1. The lowest BCUT2D eigenvalue weighted by Crippen LogP contribution is -2.28. The number of amides is 1. The Morgan fingerprint density at radius 2 is 1.92 bits per heavy atom. The molecule has 1 saturated carbocycles. The maximum Gasteiger partial charge on any atom is 0.224 e. The molecule has 4 rings (SSSR count). The Labute approximate surface area is 163 Å². The van der Waals surface area contributed by atoms with Crippen molar-refractivity contribution in [2.45, 2.75) is 31.7 Å². The summed E-state index contributed by atoms with van der Waals surface area (Å²) in [6, 6.07) is 16.1. The van der Waals surface area contributed by atoms with Gasteiger partial charge in [0.25, 0.3) is 0 Å². The van der Waals surface area contributed by atoms with Gasteiger partial charge < -0.3 is 11.1 Å². The van der Waals surface area contributed by atoms with Crippen molar-refractivity contribution in [2.24, 2.45) is 11.7 Å². The molecule has 3 aromatic rings. The zero-order chi connectivity index (χ0) is 17.2. The molecule has 26 heavy (non-hydrogen) atoms. The number of rotatable bonds is 4. The number of hydrogen-bond acceptors (Lipinski definition) is 4. The van der Waals surface area contributed by atoms with Crippen LogP contribution in [0.15, 0.2) is 48.5 Å². The zero-order valence-corrected chi connectivity index (χ0v) is 16.0. The molecule has 1 amide bonds. The molecule has 0 aliphatic heterocycles. The van der Waals surface area contributed by atoms with E-state index in [9.17, 15) is 4.79 Å². The minimum Gasteiger partial charge on any atom is -0.327 e. The smallest absolute Gasteiger partial charge is 0.224 e. The molecule has 3 N–H and O–H groups in total. The monoisotopic (exact) mass is 387 g/mol. The summed E-state index contributed by atoms with van der Waals surface area (Å²) >= 11 is 1.64. The van der Waals surface area contributed by atoms with Crippen LogP contribution < -0.4 is 11.1 Å². The Morgan fingerprint density at radius 3 is 2.69 bits per heavy atom. The third-order valence-electron chi connectivity index (χ3n) is 4.89. The van der Waals surface area contributed by atoms with E-state index in [1.807, 2.05) is 42.5 Å². The molecular weight excluding hydrogens is 366 g/mol. The fraction of sp³-hybridized carbons (Fsp3) is 0.300. The molecule has 4 nitrogen and oxygen atoms in total. The first-order chi connectivity index (χ1) is 12.2. The highest BCUT2D eigenvalue weighted by molar-refractivity contribution is 7.21. The van der Waals surface area contributed by atoms with Gasteiger partial charge >= 0.3 is 0 Å². The molecule has 1 aliphatic carbocycles. The third kappa shape index (κ3) is 3.90. The number of anilines is 1. The summed E-state index contributed by atoms with van der Waals surface area (Å²) in [6.07, 6.45) is 3.70. The second kappa shape index (κ2) is 8.16. The van der Waals surface area contributed by atoms with Crippen molar-refractivity contribution < 1.29 is 4.79 Å². The lowest BCUT2D eigenvalue weighted by Gasteiger charge is -2.15. The van der Waals surface area contributed by atoms with E-state index in [-0.39, 0.29) is 24.4 Å². The molecule has 1 aromatic heterocycles. The zero-order valence-electron chi connectivity index (χ0n) is 14.4. The van der Waals surface area contributed by atoms with Crippen molar-refractivity contribution in [3.8, 4) is 10.6 Å². The van der Waals surface area contributed by atoms with Gasteiger partial charge in [-0.2, -0.15) is 0 Å². The number of benzene rings is 2. The molecule has 0 bridgehead atoms. The van der Waals surface area contributed by atoms with Crippen LogP contribution in [0.3, 0.4) is 0 Å². The second-order valence-corrected chi connectivity index (χ2v) is 7.67. The fourth-order valence-corrected chi connectivity index (χ4v) is 4.53. The molecule has 2 atom stereocenters. The molecule has 0 unspecified atom stereocenters. The number of para-hydroxylation sites is 2. The van der Waals surface area contributed by atoms with E-state index in [0.717, 1.165) is 45.7 Å². The van der Waals surface area contributed by atoms with E-state index >= 15 is 0 Å². The Morgan fingerprint density at radius 1 is 1.15 bits per heavy atom. The Hall–Kier alpha value is -1.95. The first-order valence-corrected chi connectivity index (χ1v) is 9.53. The van der Waals surface area contributed by atoms with Gasteiger partial charge in [0, 0.05) is 18.0 Å². The van der Waals surface area contributed by atoms with Gasteiger partial charge in [0.2, 0.25) is 5.91 Å². The van der Waals surface area contributed by atoms with Crippen LogP contribution >= 0.6 is 23.7 Å². The van der Waals surface area contributed by atoms with Crippen molar-refractivity contribution in [1.29, 1.82) is 0 Å². The number of nitrogens with zero attached hydrogens (tertiary/aromatic N) is 1. The van der Waals surface area contributed by atoms with Gasteiger partial charge in [0.15, 0.2) is 0 Å². The maximum atomic E-state index is 12.5. The van der Waals surface area contributed by atoms with Crippen molar-refractivity contribution in [3.63, 3.8) is 0 Å². The van der Waals surface area contributed by atoms with E-state index in [0.29, 0.717) is 12.3 Å². The molecule has 0 radical (unpaired) electrons. The topological polar surface area (TPSA) is 68.0 Å². The number of aromatic nitrogens is 1. The number of carbonyl (C=O) groups excluding carboxylic acids is 1. The van der Waals surface area contributed by atoms with E-state index in [1.54, 1.807) is 11.3 Å². The molecule has 0 saturated heterocycles. The molecule has 1 heterocycles. The van der Waals surface area contributed by atoms with Gasteiger partial charge in [-0.3, -0.25) is 4.79 Å². The van der Waals surface area contributed by atoms with Crippen LogP contribution in [0.4, 0.5) is 5.69 Å². The van der Waals surface area contributed by atoms with Crippen molar-refractivity contribution in [2.75, 3.05) is 5.32 Å². The predicted molar refractivity (Wildman–Crippen MR) is 111 cm³/mol. The maximum absolute atomic E-state index is 12.5. The summed E-state index contributed by atoms with van der Waals surface area (Å²) in [4.78, 5) is 17.2. The van der Waals surface area contributed by atoms with Crippen LogP contribution in [0.2, 0.25) is 0 Å². The molecule has 6 heteroatoms. The summed E-state index contributed by atoms with van der Waals surface area (Å²) in [5.74, 6) is 0.338. The summed E-state index contributed by atoms with van der Waals surface area (Å²) in [7, 11) is 0. The molecule has 2 aromatic carbocycles. The van der Waals surface area contributed by atoms with Crippen molar-refractivity contribution >= 4 is 45.6 Å². The van der Waals surface area contributed by atoms with Crippen LogP contribution in [-0.2, 0) is 4.79 Å². The van der Waals surface area contributed by atoms with Gasteiger partial charge in [-0.15, -0.1) is 23.7 Å². The summed E-state index contributed by atoms with van der Waals surface area (Å²) in [5.41, 5.74) is 8.87. The average Bonchev–Trinajstić information content (AvgIpc) is 3.21. The van der Waals surface area contributed by atoms with Crippen molar-refractivity contribution in [3.05, 3.63) is 48.5 Å². The summed E-state index contributed by atoms with van der Waals surface area (Å²) in [5, 5.41) is 4.00. The second-order valence-electron chi connectivity index (χ2n) is 6.64. The minimum atomic E-state index is 0. The number of halogens is 1. The van der Waals surface area contributed by atoms with Crippen LogP contribution in [0.25, 0.3) is 20.8 Å². The molecule has 0 spiro atoms. The van der Waals surface area contributed by atoms with E-state index < -0.39 is 0 Å². The molecule has 1 fully saturated rings. The van der Waals surface area contributed by atoms with Gasteiger partial charge in [0.05, 0.1) is 15.9 Å². The fourth-order valence-electron chi connectivity index (χ4n) is 3.52. The standard InChI is InChI=1S/C20H21N3OS.ClH/c21-15-8-5-6-13(15)12-19(24)22-16-9-2-1-7-14(16)20-23-17-10-3-4-11-18(17)25-20;/h1-4,7,9-11,13,15H,5-6,8,12,21H2,(H,22,24);1H/t13-,15+;/m0./s1. The number of nitrogens with two attached hydrogens (primary N) is 1. The van der Waals surface area contributed by atoms with Crippen LogP contribution in [0.5, 0.6) is 0 Å². The third-order valence-corrected chi connectivity index (χ3v) is 5.96. The first kappa shape index (κ1) is 18.8. The Kier molecular flexibility index (Phi) is 5.91. The van der Waals surface area contributed by atoms with Crippen LogP contribution in [-0.4, -0.2) is 16.9 Å². The highest BCUT2D eigenvalue weighted by atomic mass is 35.5. The van der Waals surface area contributed by atoms with Crippen molar-refractivity contribution in [1.82, 2.24) is 4.98 Å². The largest absolute Gasteiger partial charge is 0.327 e. The average molecular weight is 388 g/mol. The van der Waals surface area contributed by atoms with E-state index in [2.05, 4.69) is 11.4 Å². The van der Waals surface area contributed by atoms with Crippen LogP contribution in [0, 0.1) is 5.92 Å². The molecule has 136 valence electrons. The Balaban J connectivity index is 0.00000196. The van der Waals surface area contributed by atoms with Gasteiger partial charge in [-0.05, 0) is 43.0 Å². The first-order valence-electron chi connectivity index (χ1n) is 8.71. The van der Waals surface area contributed by atoms with Gasteiger partial charge in [0.1, 0.15) is 5.01 Å². The lowest BCUT2D eigenvalue weighted by molar-refractivity contribution is -0.117. The molecule has 1 aliphatic rings. The highest BCUT2D eigenvalue weighted by Crippen LogP contribution is 2.35. The number of nitrogens with one attached hydrogen (secondary N) is 1. The number of carbonyl (C=O) groups is 1. The van der Waals surface area contributed by atoms with Gasteiger partial charge in [-0.1, -0.05) is 30.7 Å². The highest BCUT2D eigenvalue weighted by Gasteiger charge is 2.26. The minimum absolute atomic E-state index is 0. The summed E-state index contributed by atoms with van der Waals surface area (Å²) < 4.78 is 1.15. The van der Waals surface area contributed by atoms with E-state index in [1.165, 1.54) is 0 Å². The number of fused-ring (bicyclic) bond motifs is 1.